The predicted octanol–water partition coefficient (Wildman–Crippen LogP) is 2.34. The van der Waals surface area contributed by atoms with E-state index in [0.717, 1.165) is 32.0 Å². The molecule has 6 nitrogen and oxygen atoms in total. The number of fused-ring (bicyclic) bond motifs is 2. The Bertz CT molecular complexity index is 808. The second kappa shape index (κ2) is 6.88. The zero-order chi connectivity index (χ0) is 20.2. The molecule has 0 aromatic heterocycles. The zero-order valence-electron chi connectivity index (χ0n) is 16.1. The van der Waals surface area contributed by atoms with Crippen LogP contribution < -0.4 is 0 Å². The van der Waals surface area contributed by atoms with Gasteiger partial charge in [-0.15, -0.1) is 0 Å². The Morgan fingerprint density at radius 3 is 2.50 bits per heavy atom. The van der Waals surface area contributed by atoms with Gasteiger partial charge < -0.3 is 14.9 Å². The number of benzene rings is 1. The van der Waals surface area contributed by atoms with Crippen molar-refractivity contribution in [3.63, 3.8) is 0 Å². The van der Waals surface area contributed by atoms with Gasteiger partial charge in [0.1, 0.15) is 0 Å². The number of halogens is 2. The summed E-state index contributed by atoms with van der Waals surface area (Å²) in [5, 5.41) is 9.27. The monoisotopic (exact) mass is 409 g/mol. The van der Waals surface area contributed by atoms with E-state index in [1.807, 2.05) is 4.90 Å². The molecule has 2 amide bonds. The molecule has 4 rings (SSSR count). The third-order valence-corrected chi connectivity index (χ3v) is 6.49. The summed E-state index contributed by atoms with van der Waals surface area (Å²) in [7, 11) is 0. The van der Waals surface area contributed by atoms with Crippen LogP contribution in [0.4, 0.5) is 4.39 Å². The van der Waals surface area contributed by atoms with Crippen molar-refractivity contribution in [3.8, 4) is 5.75 Å². The third kappa shape index (κ3) is 3.46. The molecule has 8 heteroatoms. The van der Waals surface area contributed by atoms with E-state index in [-0.39, 0.29) is 39.9 Å². The molecule has 0 aliphatic carbocycles. The van der Waals surface area contributed by atoms with Gasteiger partial charge in [0, 0.05) is 25.2 Å². The van der Waals surface area contributed by atoms with Crippen LogP contribution in [-0.2, 0) is 4.79 Å². The summed E-state index contributed by atoms with van der Waals surface area (Å²) in [5.41, 5.74) is 0.374. The largest absolute Gasteiger partial charge is 0.504 e. The number of carbonyl (C=O) groups is 2. The minimum absolute atomic E-state index is 0.00879. The summed E-state index contributed by atoms with van der Waals surface area (Å²) in [6.45, 7) is 7.70. The number of rotatable bonds is 3. The fraction of sp³-hybridized carbons (Fsp3) is 0.600. The number of nitrogens with zero attached hydrogens (tertiary/aromatic N) is 3. The van der Waals surface area contributed by atoms with Crippen LogP contribution in [0.3, 0.4) is 0 Å². The maximum absolute atomic E-state index is 13.7. The summed E-state index contributed by atoms with van der Waals surface area (Å²) in [5.74, 6) is -1.76. The highest BCUT2D eigenvalue weighted by molar-refractivity contribution is 6.32. The van der Waals surface area contributed by atoms with E-state index in [1.54, 1.807) is 4.90 Å². The molecule has 1 N–H and O–H groups in total. The standard InChI is InChI=1S/C20H25ClFN3O3/c1-20(2)3-4-23(11-20)10-17(26)24-8-14-7-13(24)9-25(14)19(28)12-5-15(21)18(27)16(22)6-12/h5-6,13-14,27H,3-4,7-11H2,1-2H3/t13-,14-/m0/s1. The van der Waals surface area contributed by atoms with Crippen LogP contribution in [-0.4, -0.2) is 76.4 Å². The minimum Gasteiger partial charge on any atom is -0.504 e. The minimum atomic E-state index is -0.912. The number of aromatic hydroxyl groups is 1. The molecule has 152 valence electrons. The van der Waals surface area contributed by atoms with Gasteiger partial charge in [-0.3, -0.25) is 14.5 Å². The molecular formula is C20H25ClFN3O3. The lowest BCUT2D eigenvalue weighted by atomic mass is 9.93. The van der Waals surface area contributed by atoms with E-state index in [9.17, 15) is 19.1 Å². The van der Waals surface area contributed by atoms with E-state index in [0.29, 0.717) is 19.6 Å². The number of hydrogen-bond donors (Lipinski definition) is 1. The summed E-state index contributed by atoms with van der Waals surface area (Å²) in [6, 6.07) is 2.24. The van der Waals surface area contributed by atoms with Crippen molar-refractivity contribution in [2.75, 3.05) is 32.7 Å². The van der Waals surface area contributed by atoms with Crippen molar-refractivity contribution in [2.24, 2.45) is 5.41 Å². The number of phenols is 1. The highest BCUT2D eigenvalue weighted by atomic mass is 35.5. The van der Waals surface area contributed by atoms with Crippen LogP contribution >= 0.6 is 11.6 Å². The molecule has 0 spiro atoms. The van der Waals surface area contributed by atoms with Gasteiger partial charge in [0.15, 0.2) is 11.6 Å². The van der Waals surface area contributed by atoms with Crippen LogP contribution in [0.25, 0.3) is 0 Å². The summed E-state index contributed by atoms with van der Waals surface area (Å²) < 4.78 is 13.7. The van der Waals surface area contributed by atoms with Gasteiger partial charge in [-0.05, 0) is 36.9 Å². The molecule has 3 heterocycles. The summed E-state index contributed by atoms with van der Waals surface area (Å²) >= 11 is 5.80. The molecule has 0 unspecified atom stereocenters. The SMILES string of the molecule is CC1(C)CCN(CC(=O)N2C[C@@H]3C[C@H]2CN3C(=O)c2cc(F)c(O)c(Cl)c2)C1. The van der Waals surface area contributed by atoms with Crippen LogP contribution in [0, 0.1) is 11.2 Å². The molecule has 3 aliphatic heterocycles. The van der Waals surface area contributed by atoms with Crippen molar-refractivity contribution >= 4 is 23.4 Å². The first-order chi connectivity index (χ1) is 13.1. The van der Waals surface area contributed by atoms with E-state index in [1.165, 1.54) is 6.07 Å². The first kappa shape index (κ1) is 19.5. The molecule has 3 fully saturated rings. The molecule has 0 radical (unpaired) electrons. The maximum atomic E-state index is 13.7. The van der Waals surface area contributed by atoms with E-state index < -0.39 is 11.6 Å². The van der Waals surface area contributed by atoms with Crippen LogP contribution in [0.1, 0.15) is 37.0 Å². The van der Waals surface area contributed by atoms with Gasteiger partial charge in [-0.2, -0.15) is 0 Å². The molecule has 28 heavy (non-hydrogen) atoms. The van der Waals surface area contributed by atoms with Gasteiger partial charge in [-0.25, -0.2) is 4.39 Å². The summed E-state index contributed by atoms with van der Waals surface area (Å²) in [4.78, 5) is 31.3. The van der Waals surface area contributed by atoms with E-state index in [2.05, 4.69) is 18.7 Å². The number of piperazine rings is 1. The lowest BCUT2D eigenvalue weighted by molar-refractivity contribution is -0.134. The molecule has 1 aromatic rings. The Morgan fingerprint density at radius 2 is 1.93 bits per heavy atom. The molecule has 3 aliphatic rings. The van der Waals surface area contributed by atoms with Gasteiger partial charge in [0.05, 0.1) is 23.7 Å². The van der Waals surface area contributed by atoms with Gasteiger partial charge in [-0.1, -0.05) is 25.4 Å². The normalized spacial score (nSPS) is 26.3. The van der Waals surface area contributed by atoms with Gasteiger partial charge >= 0.3 is 0 Å². The summed E-state index contributed by atoms with van der Waals surface area (Å²) in [6.07, 6.45) is 1.84. The molecule has 2 bridgehead atoms. The number of hydrogen-bond acceptors (Lipinski definition) is 4. The average molecular weight is 410 g/mol. The molecular weight excluding hydrogens is 385 g/mol. The fourth-order valence-corrected chi connectivity index (χ4v) is 4.93. The van der Waals surface area contributed by atoms with E-state index in [4.69, 9.17) is 11.6 Å². The van der Waals surface area contributed by atoms with Crippen molar-refractivity contribution < 1.29 is 19.1 Å². The Hall–Kier alpha value is -1.86. The Balaban J connectivity index is 1.39. The predicted molar refractivity (Wildman–Crippen MR) is 103 cm³/mol. The van der Waals surface area contributed by atoms with Crippen LogP contribution in [0.5, 0.6) is 5.75 Å². The van der Waals surface area contributed by atoms with Crippen LogP contribution in [0.2, 0.25) is 5.02 Å². The quantitative estimate of drug-likeness (QED) is 0.832. The lowest BCUT2D eigenvalue weighted by Crippen LogP contribution is -2.52. The van der Waals surface area contributed by atoms with E-state index >= 15 is 0 Å². The fourth-order valence-electron chi connectivity index (χ4n) is 4.72. The lowest BCUT2D eigenvalue weighted by Gasteiger charge is -2.35. The molecule has 2 atom stereocenters. The van der Waals surface area contributed by atoms with Crippen LogP contribution in [0.15, 0.2) is 12.1 Å². The highest BCUT2D eigenvalue weighted by Crippen LogP contribution is 2.34. The second-order valence-corrected chi connectivity index (χ2v) is 9.37. The van der Waals surface area contributed by atoms with Gasteiger partial charge in [0.2, 0.25) is 5.91 Å². The zero-order valence-corrected chi connectivity index (χ0v) is 16.9. The Labute approximate surface area is 168 Å². The van der Waals surface area contributed by atoms with Gasteiger partial charge in [0.25, 0.3) is 5.91 Å². The first-order valence-electron chi connectivity index (χ1n) is 9.65. The van der Waals surface area contributed by atoms with Crippen molar-refractivity contribution in [3.05, 3.63) is 28.5 Å². The molecule has 1 aromatic carbocycles. The Kier molecular flexibility index (Phi) is 4.78. The third-order valence-electron chi connectivity index (χ3n) is 6.20. The maximum Gasteiger partial charge on any atom is 0.254 e. The first-order valence-corrected chi connectivity index (χ1v) is 10.0. The second-order valence-electron chi connectivity index (χ2n) is 8.96. The highest BCUT2D eigenvalue weighted by Gasteiger charge is 2.47. The average Bonchev–Trinajstić information content (AvgIpc) is 3.32. The number of amides is 2. The Morgan fingerprint density at radius 1 is 1.25 bits per heavy atom. The number of carbonyl (C=O) groups excluding carboxylic acids is 2. The molecule has 0 saturated carbocycles. The number of phenolic OH excluding ortho intramolecular Hbond substituents is 1. The van der Waals surface area contributed by atoms with Crippen molar-refractivity contribution in [2.45, 2.75) is 38.8 Å². The smallest absolute Gasteiger partial charge is 0.254 e. The molecule has 3 saturated heterocycles. The number of likely N-dealkylation sites (tertiary alicyclic amines) is 3. The van der Waals surface area contributed by atoms with Crippen molar-refractivity contribution in [1.29, 1.82) is 0 Å². The van der Waals surface area contributed by atoms with Crippen molar-refractivity contribution in [1.82, 2.24) is 14.7 Å². The topological polar surface area (TPSA) is 64.1 Å².